The Balaban J connectivity index is 1.97. The molecule has 1 atom stereocenters. The fourth-order valence-corrected chi connectivity index (χ4v) is 2.97. The van der Waals surface area contributed by atoms with Crippen molar-refractivity contribution < 1.29 is 23.7 Å². The second-order valence-electron chi connectivity index (χ2n) is 5.63. The number of nitrogens with two attached hydrogens (primary N) is 1. The van der Waals surface area contributed by atoms with E-state index in [2.05, 4.69) is 6.07 Å². The van der Waals surface area contributed by atoms with Gasteiger partial charge in [0.15, 0.2) is 11.5 Å². The van der Waals surface area contributed by atoms with E-state index in [9.17, 15) is 10.1 Å². The van der Waals surface area contributed by atoms with Crippen molar-refractivity contribution in [3.8, 4) is 17.6 Å². The molecule has 0 spiro atoms. The Hall–Kier alpha value is -3.14. The maximum atomic E-state index is 12.4. The van der Waals surface area contributed by atoms with Gasteiger partial charge in [-0.15, -0.1) is 0 Å². The van der Waals surface area contributed by atoms with Crippen molar-refractivity contribution in [2.24, 2.45) is 11.7 Å². The van der Waals surface area contributed by atoms with E-state index in [0.717, 1.165) is 5.56 Å². The third kappa shape index (κ3) is 3.11. The Morgan fingerprint density at radius 1 is 1.40 bits per heavy atom. The molecule has 0 fully saturated rings. The fourth-order valence-electron chi connectivity index (χ4n) is 2.97. The Labute approximate surface area is 145 Å². The molecule has 1 aromatic rings. The molecule has 0 amide bonds. The van der Waals surface area contributed by atoms with E-state index < -0.39 is 11.9 Å². The Morgan fingerprint density at radius 3 is 2.88 bits per heavy atom. The van der Waals surface area contributed by atoms with E-state index in [1.165, 1.54) is 0 Å². The van der Waals surface area contributed by atoms with Crippen LogP contribution in [0.4, 0.5) is 0 Å². The summed E-state index contributed by atoms with van der Waals surface area (Å²) in [5.41, 5.74) is 7.26. The topological polar surface area (TPSA) is 104 Å². The van der Waals surface area contributed by atoms with Gasteiger partial charge in [0.05, 0.1) is 17.8 Å². The lowest BCUT2D eigenvalue weighted by Crippen LogP contribution is -2.28. The lowest BCUT2D eigenvalue weighted by Gasteiger charge is -2.26. The summed E-state index contributed by atoms with van der Waals surface area (Å²) in [4.78, 5) is 12.4. The zero-order chi connectivity index (χ0) is 18.0. The summed E-state index contributed by atoms with van der Waals surface area (Å²) in [6.45, 7) is 3.77. The zero-order valence-electron chi connectivity index (χ0n) is 14.0. The van der Waals surface area contributed by atoms with Crippen molar-refractivity contribution in [3.05, 3.63) is 46.6 Å². The number of nitriles is 1. The van der Waals surface area contributed by atoms with Crippen molar-refractivity contribution >= 4 is 5.97 Å². The van der Waals surface area contributed by atoms with Crippen LogP contribution in [0.5, 0.6) is 11.5 Å². The maximum absolute atomic E-state index is 12.4. The van der Waals surface area contributed by atoms with Crippen LogP contribution in [0.2, 0.25) is 0 Å². The Bertz CT molecular complexity index is 819. The van der Waals surface area contributed by atoms with Crippen LogP contribution in [0.15, 0.2) is 41.0 Å². The number of allylic oxidation sites excluding steroid dienone is 2. The van der Waals surface area contributed by atoms with Crippen molar-refractivity contribution in [2.75, 3.05) is 13.4 Å². The van der Waals surface area contributed by atoms with Gasteiger partial charge in [-0.3, -0.25) is 0 Å². The molecule has 0 saturated carbocycles. The molecule has 130 valence electrons. The summed E-state index contributed by atoms with van der Waals surface area (Å²) in [7, 11) is 0. The predicted octanol–water partition coefficient (Wildman–Crippen LogP) is 2.14. The quantitative estimate of drug-likeness (QED) is 0.836. The molecule has 2 aliphatic heterocycles. The average molecular weight is 342 g/mol. The number of benzene rings is 1. The largest absolute Gasteiger partial charge is 0.463 e. The maximum Gasteiger partial charge on any atom is 0.338 e. The Morgan fingerprint density at radius 2 is 2.16 bits per heavy atom. The molecule has 3 rings (SSSR count). The fraction of sp³-hybridized carbons (Fsp3) is 0.333. The van der Waals surface area contributed by atoms with Gasteiger partial charge in [0.1, 0.15) is 11.8 Å². The molecular weight excluding hydrogens is 324 g/mol. The van der Waals surface area contributed by atoms with Crippen LogP contribution in [-0.4, -0.2) is 19.4 Å². The molecule has 2 heterocycles. The first-order valence-corrected chi connectivity index (χ1v) is 7.89. The van der Waals surface area contributed by atoms with Gasteiger partial charge in [-0.25, -0.2) is 4.79 Å². The number of fused-ring (bicyclic) bond motifs is 1. The van der Waals surface area contributed by atoms with Gasteiger partial charge in [0.25, 0.3) is 0 Å². The van der Waals surface area contributed by atoms with E-state index in [0.29, 0.717) is 29.3 Å². The molecule has 0 aromatic heterocycles. The van der Waals surface area contributed by atoms with Crippen LogP contribution < -0.4 is 15.2 Å². The van der Waals surface area contributed by atoms with Gasteiger partial charge in [-0.2, -0.15) is 5.26 Å². The monoisotopic (exact) mass is 342 g/mol. The van der Waals surface area contributed by atoms with Gasteiger partial charge < -0.3 is 24.7 Å². The number of carbonyl (C=O) groups excluding carboxylic acids is 1. The first-order chi connectivity index (χ1) is 12.0. The van der Waals surface area contributed by atoms with E-state index in [4.69, 9.17) is 24.7 Å². The van der Waals surface area contributed by atoms with Crippen molar-refractivity contribution in [2.45, 2.75) is 20.3 Å². The molecule has 0 aliphatic carbocycles. The predicted molar refractivity (Wildman–Crippen MR) is 87.0 cm³/mol. The highest BCUT2D eigenvalue weighted by atomic mass is 16.7. The molecular formula is C18H18N2O5. The summed E-state index contributed by atoms with van der Waals surface area (Å²) in [5, 5.41) is 9.49. The number of carbonyl (C=O) groups is 1. The van der Waals surface area contributed by atoms with Crippen molar-refractivity contribution in [3.63, 3.8) is 0 Å². The number of ether oxygens (including phenoxy) is 4. The lowest BCUT2D eigenvalue weighted by molar-refractivity contribution is -0.139. The second kappa shape index (κ2) is 6.77. The zero-order valence-corrected chi connectivity index (χ0v) is 14.0. The number of hydrogen-bond acceptors (Lipinski definition) is 7. The first kappa shape index (κ1) is 16.7. The van der Waals surface area contributed by atoms with Crippen LogP contribution >= 0.6 is 0 Å². The molecule has 1 unspecified atom stereocenters. The molecule has 2 N–H and O–H groups in total. The van der Waals surface area contributed by atoms with Crippen molar-refractivity contribution in [1.82, 2.24) is 0 Å². The van der Waals surface area contributed by atoms with Gasteiger partial charge in [-0.05, 0) is 38.0 Å². The molecule has 0 bridgehead atoms. The summed E-state index contributed by atoms with van der Waals surface area (Å²) in [6.07, 6.45) is 0.384. The van der Waals surface area contributed by atoms with Gasteiger partial charge in [0, 0.05) is 5.92 Å². The normalized spacial score (nSPS) is 18.7. The summed E-state index contributed by atoms with van der Waals surface area (Å²) >= 11 is 0. The van der Waals surface area contributed by atoms with E-state index >= 15 is 0 Å². The minimum Gasteiger partial charge on any atom is -0.463 e. The first-order valence-electron chi connectivity index (χ1n) is 7.89. The smallest absolute Gasteiger partial charge is 0.338 e. The summed E-state index contributed by atoms with van der Waals surface area (Å²) in [5.74, 6) is 0.616. The number of hydrogen-bond donors (Lipinski definition) is 1. The van der Waals surface area contributed by atoms with E-state index in [-0.39, 0.29) is 24.9 Å². The van der Waals surface area contributed by atoms with Crippen LogP contribution in [0.25, 0.3) is 0 Å². The van der Waals surface area contributed by atoms with Crippen molar-refractivity contribution in [1.29, 1.82) is 5.26 Å². The third-order valence-corrected chi connectivity index (χ3v) is 4.10. The number of nitrogens with zero attached hydrogens (tertiary/aromatic N) is 1. The third-order valence-electron chi connectivity index (χ3n) is 4.10. The van der Waals surface area contributed by atoms with Gasteiger partial charge >= 0.3 is 5.97 Å². The highest BCUT2D eigenvalue weighted by Crippen LogP contribution is 2.37. The van der Waals surface area contributed by atoms with Crippen LogP contribution in [0.3, 0.4) is 0 Å². The molecule has 7 nitrogen and oxygen atoms in total. The molecule has 0 radical (unpaired) electrons. The summed E-state index contributed by atoms with van der Waals surface area (Å²) in [6, 6.07) is 7.56. The number of rotatable bonds is 4. The minimum absolute atomic E-state index is 0.0128. The van der Waals surface area contributed by atoms with E-state index in [1.54, 1.807) is 19.9 Å². The van der Waals surface area contributed by atoms with Crippen LogP contribution in [0.1, 0.15) is 19.4 Å². The lowest BCUT2D eigenvalue weighted by atomic mass is 9.84. The average Bonchev–Trinajstić information content (AvgIpc) is 3.02. The Kier molecular flexibility index (Phi) is 4.52. The SMILES string of the molecule is CCOC(=O)C1=C(C)OC(N)=C(C#N)C1Cc1ccc2c(c1)OCO2. The molecule has 25 heavy (non-hydrogen) atoms. The molecule has 2 aliphatic rings. The highest BCUT2D eigenvalue weighted by molar-refractivity contribution is 5.91. The standard InChI is InChI=1S/C18H18N2O5/c1-3-22-18(21)16-10(2)25-17(20)13(8-19)12(16)6-11-4-5-14-15(7-11)24-9-23-14/h4-5,7,12H,3,6,9,20H2,1-2H3. The molecule has 7 heteroatoms. The van der Waals surface area contributed by atoms with E-state index in [1.807, 2.05) is 12.1 Å². The molecule has 1 aromatic carbocycles. The second-order valence-corrected chi connectivity index (χ2v) is 5.63. The number of esters is 1. The highest BCUT2D eigenvalue weighted by Gasteiger charge is 2.35. The minimum atomic E-state index is -0.543. The van der Waals surface area contributed by atoms with Gasteiger partial charge in [0.2, 0.25) is 12.7 Å². The summed E-state index contributed by atoms with van der Waals surface area (Å²) < 4.78 is 21.2. The van der Waals surface area contributed by atoms with Crippen LogP contribution in [0, 0.1) is 17.2 Å². The van der Waals surface area contributed by atoms with Gasteiger partial charge in [-0.1, -0.05) is 6.07 Å². The molecule has 0 saturated heterocycles. The van der Waals surface area contributed by atoms with Crippen LogP contribution in [-0.2, 0) is 20.7 Å².